The number of pyridine rings is 1. The van der Waals surface area contributed by atoms with Crippen molar-refractivity contribution in [3.63, 3.8) is 0 Å². The average Bonchev–Trinajstić information content (AvgIpc) is 3.51. The quantitative estimate of drug-likeness (QED) is 0.271. The molecule has 1 N–H and O–H groups in total. The molecule has 4 heterocycles. The Bertz CT molecular complexity index is 1890. The molecule has 1 amide bonds. The normalized spacial score (nSPS) is 14.2. The van der Waals surface area contributed by atoms with Gasteiger partial charge in [-0.25, -0.2) is 4.98 Å². The first kappa shape index (κ1) is 28.6. The van der Waals surface area contributed by atoms with Gasteiger partial charge in [-0.3, -0.25) is 24.0 Å². The number of aromatic nitrogens is 4. The third-order valence-corrected chi connectivity index (χ3v) is 9.15. The summed E-state index contributed by atoms with van der Waals surface area (Å²) >= 11 is 13.5. The molecule has 1 saturated heterocycles. The number of nitrogens with one attached hydrogen (secondary N) is 1. The second kappa shape index (κ2) is 12.0. The minimum atomic E-state index is -0.410. The van der Waals surface area contributed by atoms with Crippen molar-refractivity contribution in [2.45, 2.75) is 26.4 Å². The van der Waals surface area contributed by atoms with Gasteiger partial charge in [0.25, 0.3) is 11.1 Å². The van der Waals surface area contributed by atoms with Crippen LogP contribution >= 0.6 is 34.5 Å². The van der Waals surface area contributed by atoms with E-state index in [0.717, 1.165) is 36.3 Å². The number of ether oxygens (including phenoxy) is 1. The van der Waals surface area contributed by atoms with Gasteiger partial charge in [0.2, 0.25) is 11.0 Å². The van der Waals surface area contributed by atoms with Crippen molar-refractivity contribution in [1.82, 2.24) is 23.8 Å². The first-order chi connectivity index (χ1) is 20.3. The Labute approximate surface area is 254 Å². The van der Waals surface area contributed by atoms with Crippen LogP contribution in [0.25, 0.3) is 26.3 Å². The number of hydrogen-bond donors (Lipinski definition) is 1. The van der Waals surface area contributed by atoms with Gasteiger partial charge in [-0.15, -0.1) is 0 Å². The van der Waals surface area contributed by atoms with Crippen molar-refractivity contribution < 1.29 is 9.53 Å². The number of fused-ring (bicyclic) bond motifs is 2. The maximum atomic E-state index is 14.1. The molecule has 5 aromatic rings. The highest BCUT2D eigenvalue weighted by Gasteiger charge is 2.23. The Morgan fingerprint density at radius 3 is 2.60 bits per heavy atom. The number of amides is 1. The maximum absolute atomic E-state index is 14.1. The summed E-state index contributed by atoms with van der Waals surface area (Å²) in [6.07, 6.45) is 0.755. The Hall–Kier alpha value is -3.48. The van der Waals surface area contributed by atoms with E-state index >= 15 is 0 Å². The van der Waals surface area contributed by atoms with E-state index in [1.54, 1.807) is 29.7 Å². The Morgan fingerprint density at radius 1 is 1.05 bits per heavy atom. The number of hydrogen-bond acceptors (Lipinski definition) is 7. The SMILES string of the molecule is Cc1c2c(=O)n(-c3nc4ccccc4s3)n(CC(=O)Nc3ccc(Cl)c(Cl)c3)c2cc(=O)n1CCCN1CCOCC1. The highest BCUT2D eigenvalue weighted by atomic mass is 35.5. The lowest BCUT2D eigenvalue weighted by molar-refractivity contribution is -0.116. The summed E-state index contributed by atoms with van der Waals surface area (Å²) in [5.41, 5.74) is 1.55. The molecular weight excluding hydrogens is 599 g/mol. The molecule has 1 aliphatic rings. The number of morpholine rings is 1. The number of thiazole rings is 1. The fraction of sp³-hybridized carbons (Fsp3) is 0.310. The van der Waals surface area contributed by atoms with E-state index in [1.807, 2.05) is 24.3 Å². The molecule has 0 spiro atoms. The van der Waals surface area contributed by atoms with E-state index in [4.69, 9.17) is 27.9 Å². The molecule has 0 saturated carbocycles. The van der Waals surface area contributed by atoms with Crippen molar-refractivity contribution in [3.8, 4) is 5.13 Å². The fourth-order valence-electron chi connectivity index (χ4n) is 5.31. The Morgan fingerprint density at radius 2 is 1.83 bits per heavy atom. The number of benzene rings is 2. The number of nitrogens with zero attached hydrogens (tertiary/aromatic N) is 5. The zero-order valence-electron chi connectivity index (χ0n) is 22.8. The van der Waals surface area contributed by atoms with E-state index < -0.39 is 5.91 Å². The molecule has 10 nitrogen and oxygen atoms in total. The first-order valence-electron chi connectivity index (χ1n) is 13.6. The number of para-hydroxylation sites is 1. The third-order valence-electron chi connectivity index (χ3n) is 7.40. The third kappa shape index (κ3) is 5.62. The number of carbonyl (C=O) groups is 1. The highest BCUT2D eigenvalue weighted by molar-refractivity contribution is 7.20. The van der Waals surface area contributed by atoms with E-state index in [2.05, 4.69) is 15.2 Å². The molecule has 1 aliphatic heterocycles. The molecule has 0 aliphatic carbocycles. The zero-order valence-corrected chi connectivity index (χ0v) is 25.1. The molecule has 0 bridgehead atoms. The predicted octanol–water partition coefficient (Wildman–Crippen LogP) is 4.54. The second-order valence-electron chi connectivity index (χ2n) is 10.1. The first-order valence-corrected chi connectivity index (χ1v) is 15.1. The van der Waals surface area contributed by atoms with Crippen LogP contribution < -0.4 is 16.4 Å². The van der Waals surface area contributed by atoms with Crippen molar-refractivity contribution in [2.24, 2.45) is 0 Å². The molecule has 1 fully saturated rings. The molecule has 0 atom stereocenters. The molecule has 3 aromatic heterocycles. The molecule has 0 unspecified atom stereocenters. The van der Waals surface area contributed by atoms with Gasteiger partial charge in [-0.05, 0) is 43.7 Å². The number of aryl methyl sites for hydroxylation is 1. The minimum Gasteiger partial charge on any atom is -0.379 e. The minimum absolute atomic E-state index is 0.234. The summed E-state index contributed by atoms with van der Waals surface area (Å²) in [4.78, 5) is 47.7. The summed E-state index contributed by atoms with van der Waals surface area (Å²) < 4.78 is 10.9. The van der Waals surface area contributed by atoms with Crippen LogP contribution in [-0.4, -0.2) is 62.6 Å². The predicted molar refractivity (Wildman–Crippen MR) is 167 cm³/mol. The smallest absolute Gasteiger partial charge is 0.283 e. The number of halogens is 2. The lowest BCUT2D eigenvalue weighted by atomic mass is 10.2. The van der Waals surface area contributed by atoms with Crippen LogP contribution in [0.1, 0.15) is 12.1 Å². The highest BCUT2D eigenvalue weighted by Crippen LogP contribution is 2.27. The summed E-state index contributed by atoms with van der Waals surface area (Å²) in [6.45, 7) is 6.00. The van der Waals surface area contributed by atoms with E-state index in [-0.39, 0.29) is 17.7 Å². The Balaban J connectivity index is 1.40. The van der Waals surface area contributed by atoms with Crippen LogP contribution in [0.2, 0.25) is 10.0 Å². The molecule has 6 rings (SSSR count). The standard InChI is InChI=1S/C29H28Cl2N6O4S/c1-18-27-23(16-26(39)35(18)10-4-9-34-11-13-41-14-12-34)36(17-25(38)32-19-7-8-20(30)21(31)15-19)37(28(27)40)29-33-22-5-2-3-6-24(22)42-29/h2-3,5-8,15-16H,4,9-14,17H2,1H3,(H,32,38). The monoisotopic (exact) mass is 626 g/mol. The number of rotatable bonds is 8. The van der Waals surface area contributed by atoms with Gasteiger partial charge < -0.3 is 14.6 Å². The van der Waals surface area contributed by atoms with Gasteiger partial charge in [-0.1, -0.05) is 46.7 Å². The lowest BCUT2D eigenvalue weighted by Crippen LogP contribution is -2.37. The second-order valence-corrected chi connectivity index (χ2v) is 11.9. The van der Waals surface area contributed by atoms with Gasteiger partial charge in [0, 0.05) is 43.6 Å². The molecule has 218 valence electrons. The largest absolute Gasteiger partial charge is 0.379 e. The van der Waals surface area contributed by atoms with Crippen molar-refractivity contribution in [3.05, 3.63) is 85.0 Å². The van der Waals surface area contributed by atoms with Crippen molar-refractivity contribution >= 4 is 67.3 Å². The fourth-order valence-corrected chi connectivity index (χ4v) is 6.58. The maximum Gasteiger partial charge on any atom is 0.283 e. The van der Waals surface area contributed by atoms with Crippen LogP contribution in [0, 0.1) is 6.92 Å². The van der Waals surface area contributed by atoms with Gasteiger partial charge in [-0.2, -0.15) is 4.68 Å². The molecule has 13 heteroatoms. The van der Waals surface area contributed by atoms with Gasteiger partial charge in [0.1, 0.15) is 6.54 Å². The van der Waals surface area contributed by atoms with Crippen molar-refractivity contribution in [2.75, 3.05) is 38.2 Å². The molecule has 0 radical (unpaired) electrons. The van der Waals surface area contributed by atoms with Gasteiger partial charge in [0.15, 0.2) is 0 Å². The van der Waals surface area contributed by atoms with E-state index in [0.29, 0.717) is 57.2 Å². The number of anilines is 1. The van der Waals surface area contributed by atoms with Crippen LogP contribution in [0.3, 0.4) is 0 Å². The van der Waals surface area contributed by atoms with Gasteiger partial charge >= 0.3 is 0 Å². The topological polar surface area (TPSA) is 103 Å². The summed E-state index contributed by atoms with van der Waals surface area (Å²) in [5.74, 6) is -0.410. The molecular formula is C29H28Cl2N6O4S. The Kier molecular flexibility index (Phi) is 8.19. The summed E-state index contributed by atoms with van der Waals surface area (Å²) in [7, 11) is 0. The zero-order chi connectivity index (χ0) is 29.4. The van der Waals surface area contributed by atoms with Crippen LogP contribution in [0.5, 0.6) is 0 Å². The van der Waals surface area contributed by atoms with Crippen molar-refractivity contribution in [1.29, 1.82) is 0 Å². The van der Waals surface area contributed by atoms with Crippen LogP contribution in [0.4, 0.5) is 5.69 Å². The summed E-state index contributed by atoms with van der Waals surface area (Å²) in [5, 5.41) is 4.26. The lowest BCUT2D eigenvalue weighted by Gasteiger charge is -2.26. The molecule has 42 heavy (non-hydrogen) atoms. The van der Waals surface area contributed by atoms with Crippen LogP contribution in [0.15, 0.2) is 58.1 Å². The van der Waals surface area contributed by atoms with Gasteiger partial charge in [0.05, 0.1) is 44.4 Å². The average molecular weight is 628 g/mol. The summed E-state index contributed by atoms with van der Waals surface area (Å²) in [6, 6.07) is 13.8. The van der Waals surface area contributed by atoms with E-state index in [9.17, 15) is 14.4 Å². The molecule has 2 aromatic carbocycles. The number of carbonyl (C=O) groups excluding carboxylic acids is 1. The van der Waals surface area contributed by atoms with E-state index in [1.165, 1.54) is 26.8 Å². The van der Waals surface area contributed by atoms with Crippen LogP contribution in [-0.2, 0) is 22.6 Å².